The third kappa shape index (κ3) is 1.91. The lowest BCUT2D eigenvalue weighted by Crippen LogP contribution is -2.05. The maximum atomic E-state index is 9.87. The molecule has 10 heteroatoms. The van der Waals surface area contributed by atoms with Crippen LogP contribution < -0.4 is 5.46 Å². The quantitative estimate of drug-likeness (QED) is 0.205. The zero-order valence-electron chi connectivity index (χ0n) is 10.5. The topological polar surface area (TPSA) is 162 Å². The van der Waals surface area contributed by atoms with Gasteiger partial charge in [0, 0.05) is 0 Å². The lowest BCUT2D eigenvalue weighted by molar-refractivity contribution is 0.365. The van der Waals surface area contributed by atoms with Gasteiger partial charge in [0.25, 0.3) is 0 Å². The fourth-order valence-corrected chi connectivity index (χ4v) is 2.23. The second-order valence-electron chi connectivity index (χ2n) is 4.27. The molecule has 0 aliphatic rings. The number of phenols is 8. The molecule has 0 aliphatic carbocycles. The fraction of sp³-hybridized carbons (Fsp3) is 0. The molecule has 0 saturated carbocycles. The SMILES string of the molecule is [B]c1c(O)c(O)c(-c2c(O)c(O)c(Br)c(O)c2O)c(O)c1O. The molecule has 0 aliphatic heterocycles. The molecule has 8 N–H and O–H groups in total. The minimum atomic E-state index is -1.10. The Morgan fingerprint density at radius 3 is 1.09 bits per heavy atom. The number of aromatic hydroxyl groups is 8. The Labute approximate surface area is 132 Å². The van der Waals surface area contributed by atoms with Gasteiger partial charge < -0.3 is 40.9 Å². The summed E-state index contributed by atoms with van der Waals surface area (Å²) >= 11 is 2.70. The van der Waals surface area contributed by atoms with Crippen molar-refractivity contribution in [2.75, 3.05) is 0 Å². The zero-order valence-corrected chi connectivity index (χ0v) is 12.1. The highest BCUT2D eigenvalue weighted by Gasteiger charge is 2.30. The Balaban J connectivity index is 3.03. The third-order valence-corrected chi connectivity index (χ3v) is 3.77. The van der Waals surface area contributed by atoms with E-state index in [-0.39, 0.29) is 0 Å². The Morgan fingerprint density at radius 2 is 0.773 bits per heavy atom. The summed E-state index contributed by atoms with van der Waals surface area (Å²) < 4.78 is -0.450. The summed E-state index contributed by atoms with van der Waals surface area (Å²) in [4.78, 5) is 0. The number of halogens is 1. The van der Waals surface area contributed by atoms with Crippen LogP contribution in [0.5, 0.6) is 46.0 Å². The molecule has 0 fully saturated rings. The van der Waals surface area contributed by atoms with E-state index in [4.69, 9.17) is 7.85 Å². The second-order valence-corrected chi connectivity index (χ2v) is 5.06. The molecule has 0 spiro atoms. The van der Waals surface area contributed by atoms with Crippen LogP contribution in [0.2, 0.25) is 0 Å². The number of hydrogen-bond donors (Lipinski definition) is 8. The van der Waals surface area contributed by atoms with Crippen molar-refractivity contribution >= 4 is 29.2 Å². The molecule has 2 radical (unpaired) electrons. The van der Waals surface area contributed by atoms with Crippen LogP contribution in [0.3, 0.4) is 0 Å². The number of phenolic OH excluding ortho intramolecular Hbond substituents is 8. The summed E-state index contributed by atoms with van der Waals surface area (Å²) in [6.45, 7) is 0. The van der Waals surface area contributed by atoms with Crippen molar-refractivity contribution in [1.82, 2.24) is 0 Å². The summed E-state index contributed by atoms with van der Waals surface area (Å²) in [5, 5.41) is 77.9. The molecule has 2 aromatic carbocycles. The summed E-state index contributed by atoms with van der Waals surface area (Å²) in [6, 6.07) is 0. The molecule has 0 saturated heterocycles. The van der Waals surface area contributed by atoms with E-state index in [1.54, 1.807) is 0 Å². The van der Waals surface area contributed by atoms with E-state index in [1.807, 2.05) is 0 Å². The summed E-state index contributed by atoms with van der Waals surface area (Å²) in [7, 11) is 5.24. The van der Waals surface area contributed by atoms with Gasteiger partial charge in [0.2, 0.25) is 0 Å². The van der Waals surface area contributed by atoms with Crippen LogP contribution in [-0.2, 0) is 0 Å². The van der Waals surface area contributed by atoms with Crippen molar-refractivity contribution in [3.8, 4) is 57.1 Å². The van der Waals surface area contributed by atoms with Crippen LogP contribution in [-0.4, -0.2) is 48.7 Å². The minimum Gasteiger partial charge on any atom is -0.505 e. The highest BCUT2D eigenvalue weighted by molar-refractivity contribution is 9.10. The lowest BCUT2D eigenvalue weighted by atomic mass is 9.88. The molecule has 8 nitrogen and oxygen atoms in total. The summed E-state index contributed by atoms with van der Waals surface area (Å²) in [6.07, 6.45) is 0. The number of rotatable bonds is 1. The second kappa shape index (κ2) is 4.99. The van der Waals surface area contributed by atoms with Gasteiger partial charge in [0.05, 0.1) is 11.1 Å². The smallest absolute Gasteiger partial charge is 0.176 e. The minimum absolute atomic E-state index is 0.450. The zero-order chi connectivity index (χ0) is 16.9. The highest BCUT2D eigenvalue weighted by Crippen LogP contribution is 2.58. The van der Waals surface area contributed by atoms with Crippen LogP contribution in [0.25, 0.3) is 11.1 Å². The first-order valence-corrected chi connectivity index (χ1v) is 6.31. The molecule has 22 heavy (non-hydrogen) atoms. The van der Waals surface area contributed by atoms with Crippen LogP contribution in [0.15, 0.2) is 4.47 Å². The van der Waals surface area contributed by atoms with E-state index in [0.29, 0.717) is 0 Å². The van der Waals surface area contributed by atoms with Crippen LogP contribution in [0.1, 0.15) is 0 Å². The first-order valence-electron chi connectivity index (χ1n) is 5.52. The van der Waals surface area contributed by atoms with Gasteiger partial charge in [0.1, 0.15) is 12.3 Å². The molecule has 114 valence electrons. The molecule has 2 rings (SSSR count). The van der Waals surface area contributed by atoms with Gasteiger partial charge in [-0.2, -0.15) is 0 Å². The van der Waals surface area contributed by atoms with Gasteiger partial charge in [-0.1, -0.05) is 0 Å². The molecule has 0 aromatic heterocycles. The van der Waals surface area contributed by atoms with E-state index in [1.165, 1.54) is 0 Å². The summed E-state index contributed by atoms with van der Waals surface area (Å²) in [5.41, 5.74) is -2.43. The molecule has 0 heterocycles. The molecule has 0 unspecified atom stereocenters. The van der Waals surface area contributed by atoms with Gasteiger partial charge in [-0.15, -0.1) is 0 Å². The standard InChI is InChI=1S/C12H8BBrO8/c13-3-9(19)5(15)1(6(16)10(3)20)2-7(17)11(21)4(14)12(22)8(2)18/h15-22H. The Morgan fingerprint density at radius 1 is 0.500 bits per heavy atom. The van der Waals surface area contributed by atoms with Crippen LogP contribution in [0.4, 0.5) is 0 Å². The van der Waals surface area contributed by atoms with Gasteiger partial charge >= 0.3 is 0 Å². The molecule has 0 bridgehead atoms. The van der Waals surface area contributed by atoms with Crippen molar-refractivity contribution in [2.24, 2.45) is 0 Å². The monoisotopic (exact) mass is 370 g/mol. The van der Waals surface area contributed by atoms with Gasteiger partial charge in [-0.05, 0) is 21.4 Å². The lowest BCUT2D eigenvalue weighted by Gasteiger charge is -2.17. The predicted octanol–water partition coefficient (Wildman–Crippen LogP) is 0.555. The Hall–Kier alpha value is -2.62. The molecule has 2 aromatic rings. The maximum Gasteiger partial charge on any atom is 0.176 e. The van der Waals surface area contributed by atoms with Gasteiger partial charge in [0.15, 0.2) is 46.0 Å². The predicted molar refractivity (Wildman–Crippen MR) is 78.3 cm³/mol. The first kappa shape index (κ1) is 15.8. The molecule has 0 atom stereocenters. The van der Waals surface area contributed by atoms with Crippen molar-refractivity contribution in [1.29, 1.82) is 0 Å². The first-order chi connectivity index (χ1) is 10.1. The third-order valence-electron chi connectivity index (χ3n) is 3.02. The summed E-state index contributed by atoms with van der Waals surface area (Å²) in [5.74, 6) is -8.19. The fourth-order valence-electron chi connectivity index (χ4n) is 1.86. The van der Waals surface area contributed by atoms with Crippen LogP contribution in [0, 0.1) is 0 Å². The highest BCUT2D eigenvalue weighted by atomic mass is 79.9. The molecule has 0 amide bonds. The average Bonchev–Trinajstić information content (AvgIpc) is 2.50. The largest absolute Gasteiger partial charge is 0.505 e. The van der Waals surface area contributed by atoms with Crippen molar-refractivity contribution in [3.63, 3.8) is 0 Å². The van der Waals surface area contributed by atoms with E-state index in [2.05, 4.69) is 15.9 Å². The van der Waals surface area contributed by atoms with E-state index in [0.717, 1.165) is 0 Å². The van der Waals surface area contributed by atoms with E-state index >= 15 is 0 Å². The van der Waals surface area contributed by atoms with Gasteiger partial charge in [-0.3, -0.25) is 0 Å². The molecular formula is C12H8BBrO8. The Kier molecular flexibility index (Phi) is 3.57. The average molecular weight is 371 g/mol. The Bertz CT molecular complexity index is 679. The number of benzene rings is 2. The van der Waals surface area contributed by atoms with Gasteiger partial charge in [-0.25, -0.2) is 0 Å². The van der Waals surface area contributed by atoms with Crippen molar-refractivity contribution < 1.29 is 40.9 Å². The van der Waals surface area contributed by atoms with Crippen molar-refractivity contribution in [3.05, 3.63) is 4.47 Å². The van der Waals surface area contributed by atoms with Crippen molar-refractivity contribution in [2.45, 2.75) is 0 Å². The van der Waals surface area contributed by atoms with Crippen LogP contribution >= 0.6 is 15.9 Å². The van der Waals surface area contributed by atoms with E-state index in [9.17, 15) is 40.9 Å². The normalized spacial score (nSPS) is 10.8. The molecular weight excluding hydrogens is 363 g/mol. The maximum absolute atomic E-state index is 9.87. The number of hydrogen-bond acceptors (Lipinski definition) is 8. The van der Waals surface area contributed by atoms with E-state index < -0.39 is 67.1 Å².